The summed E-state index contributed by atoms with van der Waals surface area (Å²) in [5.74, 6) is -1.21. The number of nitrogens with two attached hydrogens (primary N) is 1. The smallest absolute Gasteiger partial charge is 0.316 e. The molecule has 9 nitrogen and oxygen atoms in total. The Morgan fingerprint density at radius 2 is 2.00 bits per heavy atom. The van der Waals surface area contributed by atoms with Crippen LogP contribution in [0.5, 0.6) is 5.75 Å². The minimum Gasteiger partial charge on any atom is -0.497 e. The second-order valence-corrected chi connectivity index (χ2v) is 6.24. The van der Waals surface area contributed by atoms with Crippen LogP contribution in [0, 0.1) is 0 Å². The van der Waals surface area contributed by atoms with Crippen molar-refractivity contribution in [2.75, 3.05) is 18.2 Å². The normalized spacial score (nSPS) is 11.6. The second kappa shape index (κ2) is 7.71. The van der Waals surface area contributed by atoms with Crippen molar-refractivity contribution in [2.24, 2.45) is 0 Å². The van der Waals surface area contributed by atoms with E-state index in [-0.39, 0.29) is 16.7 Å². The maximum absolute atomic E-state index is 12.2. The quantitative estimate of drug-likeness (QED) is 0.441. The zero-order valence-electron chi connectivity index (χ0n) is 13.4. The van der Waals surface area contributed by atoms with Crippen LogP contribution in [0.2, 0.25) is 0 Å². The van der Waals surface area contributed by atoms with Gasteiger partial charge in [-0.15, -0.1) is 0 Å². The highest BCUT2D eigenvalue weighted by atomic mass is 32.2. The SMILES string of the molecule is COc1ccc(C(=O)Nc2c(N)nc(S[C@H](C)C(=O)O)[nH]c2=O)cc1. The lowest BCUT2D eigenvalue weighted by molar-refractivity contribution is -0.136. The van der Waals surface area contributed by atoms with E-state index >= 15 is 0 Å². The summed E-state index contributed by atoms with van der Waals surface area (Å²) in [5, 5.41) is 10.5. The van der Waals surface area contributed by atoms with Crippen LogP contribution in [0.3, 0.4) is 0 Å². The number of nitrogen functional groups attached to an aromatic ring is 1. The average molecular weight is 364 g/mol. The van der Waals surface area contributed by atoms with E-state index in [4.69, 9.17) is 15.6 Å². The number of ether oxygens (including phenoxy) is 1. The maximum Gasteiger partial charge on any atom is 0.316 e. The molecule has 0 radical (unpaired) electrons. The van der Waals surface area contributed by atoms with Crippen LogP contribution in [-0.4, -0.2) is 39.3 Å². The monoisotopic (exact) mass is 364 g/mol. The first-order chi connectivity index (χ1) is 11.8. The number of nitrogens with one attached hydrogen (secondary N) is 2. The summed E-state index contributed by atoms with van der Waals surface area (Å²) < 4.78 is 5.01. The van der Waals surface area contributed by atoms with Gasteiger partial charge >= 0.3 is 5.97 Å². The number of carboxylic acids is 1. The molecule has 2 aromatic rings. The van der Waals surface area contributed by atoms with Crippen molar-refractivity contribution in [3.63, 3.8) is 0 Å². The van der Waals surface area contributed by atoms with E-state index in [1.165, 1.54) is 26.2 Å². The molecule has 0 aliphatic carbocycles. The van der Waals surface area contributed by atoms with Gasteiger partial charge in [0.1, 0.15) is 16.7 Å². The van der Waals surface area contributed by atoms with Gasteiger partial charge < -0.3 is 20.9 Å². The van der Waals surface area contributed by atoms with Gasteiger partial charge in [0.2, 0.25) is 0 Å². The van der Waals surface area contributed by atoms with Crippen molar-refractivity contribution in [3.8, 4) is 5.75 Å². The molecular formula is C15H16N4O5S. The second-order valence-electron chi connectivity index (χ2n) is 4.91. The fraction of sp³-hybridized carbons (Fsp3) is 0.200. The molecule has 1 atom stereocenters. The number of amides is 1. The summed E-state index contributed by atoms with van der Waals surface area (Å²) in [7, 11) is 1.51. The number of aromatic nitrogens is 2. The van der Waals surface area contributed by atoms with Crippen LogP contribution >= 0.6 is 11.8 Å². The van der Waals surface area contributed by atoms with Gasteiger partial charge in [0.15, 0.2) is 11.0 Å². The lowest BCUT2D eigenvalue weighted by Crippen LogP contribution is -2.23. The van der Waals surface area contributed by atoms with Crippen LogP contribution in [0.4, 0.5) is 11.5 Å². The predicted octanol–water partition coefficient (Wildman–Crippen LogP) is 1.18. The van der Waals surface area contributed by atoms with Crippen molar-refractivity contribution in [3.05, 3.63) is 40.2 Å². The van der Waals surface area contributed by atoms with Gasteiger partial charge in [0, 0.05) is 5.56 Å². The van der Waals surface area contributed by atoms with Crippen LogP contribution in [0.15, 0.2) is 34.2 Å². The molecular weight excluding hydrogens is 348 g/mol. The lowest BCUT2D eigenvalue weighted by atomic mass is 10.2. The number of anilines is 2. The molecule has 0 aliphatic heterocycles. The standard InChI is InChI=1S/C15H16N4O5S/c1-7(14(22)23)25-15-18-11(16)10(13(21)19-15)17-12(20)8-3-5-9(24-2)6-4-8/h3-7H,1-2H3,(H,17,20)(H,22,23)(H3,16,18,19,21)/t7-/m1/s1. The third-order valence-corrected chi connectivity index (χ3v) is 4.12. The van der Waals surface area contributed by atoms with Crippen molar-refractivity contribution in [2.45, 2.75) is 17.3 Å². The molecule has 5 N–H and O–H groups in total. The fourth-order valence-electron chi connectivity index (χ4n) is 1.79. The van der Waals surface area contributed by atoms with E-state index in [1.54, 1.807) is 12.1 Å². The summed E-state index contributed by atoms with van der Waals surface area (Å²) in [6.07, 6.45) is 0. The topological polar surface area (TPSA) is 147 Å². The number of rotatable bonds is 6. The third-order valence-electron chi connectivity index (χ3n) is 3.15. The van der Waals surface area contributed by atoms with Gasteiger partial charge in [0.05, 0.1) is 7.11 Å². The number of hydrogen-bond donors (Lipinski definition) is 4. The number of thioether (sulfide) groups is 1. The Balaban J connectivity index is 2.20. The van der Waals surface area contributed by atoms with E-state index in [9.17, 15) is 14.4 Å². The summed E-state index contributed by atoms with van der Waals surface area (Å²) in [4.78, 5) is 41.5. The first-order valence-corrected chi connectivity index (χ1v) is 7.94. The molecule has 1 amide bonds. The van der Waals surface area contributed by atoms with E-state index in [0.29, 0.717) is 11.3 Å². The summed E-state index contributed by atoms with van der Waals surface area (Å²) >= 11 is 0.835. The largest absolute Gasteiger partial charge is 0.497 e. The molecule has 0 unspecified atom stereocenters. The number of hydrogen-bond acceptors (Lipinski definition) is 7. The molecule has 1 aromatic heterocycles. The van der Waals surface area contributed by atoms with Gasteiger partial charge in [0.25, 0.3) is 11.5 Å². The molecule has 0 aliphatic rings. The molecule has 0 spiro atoms. The number of benzene rings is 1. The highest BCUT2D eigenvalue weighted by Crippen LogP contribution is 2.21. The minimum atomic E-state index is -1.05. The Hall–Kier alpha value is -3.01. The number of H-pyrrole nitrogens is 1. The van der Waals surface area contributed by atoms with Crippen molar-refractivity contribution in [1.29, 1.82) is 0 Å². The van der Waals surface area contributed by atoms with E-state index in [0.717, 1.165) is 11.8 Å². The van der Waals surface area contributed by atoms with Crippen LogP contribution < -0.4 is 21.3 Å². The number of aliphatic carboxylic acids is 1. The molecule has 0 saturated heterocycles. The predicted molar refractivity (Wildman–Crippen MR) is 93.2 cm³/mol. The number of aromatic amines is 1. The summed E-state index contributed by atoms with van der Waals surface area (Å²) in [6, 6.07) is 6.27. The first kappa shape index (κ1) is 18.3. The number of nitrogens with zero attached hydrogens (tertiary/aromatic N) is 1. The van der Waals surface area contributed by atoms with Crippen molar-refractivity contribution in [1.82, 2.24) is 9.97 Å². The van der Waals surface area contributed by atoms with Gasteiger partial charge in [-0.3, -0.25) is 19.4 Å². The zero-order chi connectivity index (χ0) is 18.6. The van der Waals surface area contributed by atoms with Crippen LogP contribution in [0.25, 0.3) is 0 Å². The Morgan fingerprint density at radius 1 is 1.36 bits per heavy atom. The Morgan fingerprint density at radius 3 is 2.52 bits per heavy atom. The van der Waals surface area contributed by atoms with E-state index in [1.807, 2.05) is 0 Å². The Kier molecular flexibility index (Phi) is 5.65. The number of methoxy groups -OCH3 is 1. The average Bonchev–Trinajstić information content (AvgIpc) is 2.58. The number of carbonyl (C=O) groups is 2. The van der Waals surface area contributed by atoms with Gasteiger partial charge in [-0.05, 0) is 31.2 Å². The fourth-order valence-corrected chi connectivity index (χ4v) is 2.53. The first-order valence-electron chi connectivity index (χ1n) is 7.06. The Labute approximate surface area is 146 Å². The van der Waals surface area contributed by atoms with Crippen molar-refractivity contribution >= 4 is 35.1 Å². The molecule has 1 aromatic carbocycles. The zero-order valence-corrected chi connectivity index (χ0v) is 14.2. The van der Waals surface area contributed by atoms with Gasteiger partial charge in [-0.1, -0.05) is 11.8 Å². The third kappa shape index (κ3) is 4.51. The molecule has 0 saturated carbocycles. The van der Waals surface area contributed by atoms with E-state index in [2.05, 4.69) is 15.3 Å². The molecule has 132 valence electrons. The highest BCUT2D eigenvalue weighted by Gasteiger charge is 2.18. The highest BCUT2D eigenvalue weighted by molar-refractivity contribution is 8.00. The van der Waals surface area contributed by atoms with Crippen LogP contribution in [-0.2, 0) is 4.79 Å². The molecule has 10 heteroatoms. The maximum atomic E-state index is 12.2. The molecule has 25 heavy (non-hydrogen) atoms. The molecule has 2 rings (SSSR count). The number of carboxylic acid groups (broad SMARTS) is 1. The number of carbonyl (C=O) groups excluding carboxylic acids is 1. The molecule has 0 bridgehead atoms. The van der Waals surface area contributed by atoms with E-state index < -0.39 is 22.7 Å². The van der Waals surface area contributed by atoms with Crippen LogP contribution in [0.1, 0.15) is 17.3 Å². The summed E-state index contributed by atoms with van der Waals surface area (Å²) in [6.45, 7) is 1.45. The van der Waals surface area contributed by atoms with Gasteiger partial charge in [-0.2, -0.15) is 0 Å². The molecule has 0 fully saturated rings. The summed E-state index contributed by atoms with van der Waals surface area (Å²) in [5.41, 5.74) is 5.15. The van der Waals surface area contributed by atoms with Gasteiger partial charge in [-0.25, -0.2) is 4.98 Å². The van der Waals surface area contributed by atoms with Crippen molar-refractivity contribution < 1.29 is 19.4 Å². The molecule has 1 heterocycles. The Bertz CT molecular complexity index is 850. The minimum absolute atomic E-state index is 0.0554. The lowest BCUT2D eigenvalue weighted by Gasteiger charge is -2.10.